The summed E-state index contributed by atoms with van der Waals surface area (Å²) in [6.45, 7) is 5.74. The molecule has 0 aromatic carbocycles. The lowest BCUT2D eigenvalue weighted by Gasteiger charge is -2.35. The Morgan fingerprint density at radius 3 is 2.69 bits per heavy atom. The number of rotatable bonds is 5. The highest BCUT2D eigenvalue weighted by molar-refractivity contribution is 5.74. The second kappa shape index (κ2) is 8.88. The first kappa shape index (κ1) is 19.1. The Bertz CT molecular complexity index is 827. The normalized spacial score (nSPS) is 22.6. The van der Waals surface area contributed by atoms with Crippen LogP contribution in [0.3, 0.4) is 0 Å². The zero-order chi connectivity index (χ0) is 19.5. The summed E-state index contributed by atoms with van der Waals surface area (Å²) in [4.78, 5) is 5.00. The van der Waals surface area contributed by atoms with Gasteiger partial charge in [-0.05, 0) is 74.7 Å². The van der Waals surface area contributed by atoms with Crippen molar-refractivity contribution in [2.24, 2.45) is 11.8 Å². The van der Waals surface area contributed by atoms with Gasteiger partial charge in [-0.2, -0.15) is 5.10 Å². The van der Waals surface area contributed by atoms with E-state index in [-0.39, 0.29) is 0 Å². The van der Waals surface area contributed by atoms with Gasteiger partial charge in [0.25, 0.3) is 0 Å². The second-order valence-electron chi connectivity index (χ2n) is 9.31. The monoisotopic (exact) mass is 393 g/mol. The standard InChI is InChI=1S/C24H35N5/c1-2-5-21(6-3-1)18-27-12-7-20(8-13-27)15-22-9-14-29-23(16-22)24(17-26-29)28-11-4-10-25-19-28/h4,9,11,14,16-17,20-21,25H,1-3,5-8,10,12-13,15,18-19H2. The summed E-state index contributed by atoms with van der Waals surface area (Å²) in [5.74, 6) is 1.80. The van der Waals surface area contributed by atoms with E-state index in [9.17, 15) is 0 Å². The fourth-order valence-electron chi connectivity index (χ4n) is 5.47. The second-order valence-corrected chi connectivity index (χ2v) is 9.31. The van der Waals surface area contributed by atoms with Crippen LogP contribution in [0.15, 0.2) is 36.8 Å². The summed E-state index contributed by atoms with van der Waals surface area (Å²) in [7, 11) is 0. The van der Waals surface area contributed by atoms with Crippen LogP contribution in [0.5, 0.6) is 0 Å². The molecule has 0 atom stereocenters. The Hall–Kier alpha value is -1.85. The van der Waals surface area contributed by atoms with Crippen LogP contribution in [0.25, 0.3) is 5.52 Å². The molecule has 2 aliphatic heterocycles. The molecule has 1 saturated carbocycles. The first-order valence-corrected chi connectivity index (χ1v) is 11.7. The molecule has 29 heavy (non-hydrogen) atoms. The molecule has 156 valence electrons. The Morgan fingerprint density at radius 1 is 1.03 bits per heavy atom. The molecule has 0 spiro atoms. The molecule has 5 heteroatoms. The minimum atomic E-state index is 0.822. The highest BCUT2D eigenvalue weighted by Crippen LogP contribution is 2.29. The molecule has 0 bridgehead atoms. The molecule has 1 saturated heterocycles. The fourth-order valence-corrected chi connectivity index (χ4v) is 5.47. The summed E-state index contributed by atoms with van der Waals surface area (Å²) < 4.78 is 2.01. The summed E-state index contributed by atoms with van der Waals surface area (Å²) in [6.07, 6.45) is 19.7. The minimum Gasteiger partial charge on any atom is -0.332 e. The van der Waals surface area contributed by atoms with Gasteiger partial charge in [-0.25, -0.2) is 4.52 Å². The van der Waals surface area contributed by atoms with E-state index in [0.717, 1.165) is 25.0 Å². The van der Waals surface area contributed by atoms with Crippen molar-refractivity contribution in [3.05, 3.63) is 42.4 Å². The predicted octanol–water partition coefficient (Wildman–Crippen LogP) is 4.05. The molecule has 2 aromatic heterocycles. The van der Waals surface area contributed by atoms with Gasteiger partial charge in [0.1, 0.15) is 0 Å². The van der Waals surface area contributed by atoms with E-state index in [1.165, 1.54) is 87.8 Å². The van der Waals surface area contributed by atoms with Gasteiger partial charge in [0.15, 0.2) is 0 Å². The molecule has 0 unspecified atom stereocenters. The predicted molar refractivity (Wildman–Crippen MR) is 119 cm³/mol. The molecular weight excluding hydrogens is 358 g/mol. The van der Waals surface area contributed by atoms with E-state index in [4.69, 9.17) is 0 Å². The van der Waals surface area contributed by atoms with Crippen molar-refractivity contribution >= 4 is 11.2 Å². The molecule has 4 heterocycles. The maximum Gasteiger partial charge on any atom is 0.0902 e. The smallest absolute Gasteiger partial charge is 0.0902 e. The van der Waals surface area contributed by atoms with Crippen LogP contribution in [-0.4, -0.2) is 47.4 Å². The van der Waals surface area contributed by atoms with Crippen LogP contribution >= 0.6 is 0 Å². The van der Waals surface area contributed by atoms with Crippen molar-refractivity contribution in [3.8, 4) is 0 Å². The van der Waals surface area contributed by atoms with E-state index in [2.05, 4.69) is 50.8 Å². The van der Waals surface area contributed by atoms with Gasteiger partial charge in [0.2, 0.25) is 0 Å². The van der Waals surface area contributed by atoms with Gasteiger partial charge in [0.05, 0.1) is 24.1 Å². The van der Waals surface area contributed by atoms with Gasteiger partial charge in [-0.15, -0.1) is 0 Å². The highest BCUT2D eigenvalue weighted by atomic mass is 15.3. The third kappa shape index (κ3) is 4.51. The molecule has 2 aromatic rings. The van der Waals surface area contributed by atoms with Crippen LogP contribution in [0.1, 0.15) is 50.5 Å². The van der Waals surface area contributed by atoms with Crippen LogP contribution in [0.4, 0.5) is 5.69 Å². The Morgan fingerprint density at radius 2 is 1.90 bits per heavy atom. The lowest BCUT2D eigenvalue weighted by atomic mass is 9.87. The Labute approximate surface area is 174 Å². The van der Waals surface area contributed by atoms with Crippen LogP contribution in [0, 0.1) is 11.8 Å². The number of nitrogens with one attached hydrogen (secondary N) is 1. The van der Waals surface area contributed by atoms with Crippen LogP contribution in [-0.2, 0) is 6.42 Å². The van der Waals surface area contributed by atoms with Crippen molar-refractivity contribution in [2.45, 2.75) is 51.4 Å². The number of aromatic nitrogens is 2. The lowest BCUT2D eigenvalue weighted by Crippen LogP contribution is -2.38. The van der Waals surface area contributed by atoms with E-state index in [1.54, 1.807) is 0 Å². The highest BCUT2D eigenvalue weighted by Gasteiger charge is 2.23. The number of hydrogen-bond donors (Lipinski definition) is 1. The van der Waals surface area contributed by atoms with Crippen molar-refractivity contribution in [1.82, 2.24) is 19.8 Å². The summed E-state index contributed by atoms with van der Waals surface area (Å²) in [5.41, 5.74) is 3.86. The van der Waals surface area contributed by atoms with Crippen molar-refractivity contribution in [1.29, 1.82) is 0 Å². The lowest BCUT2D eigenvalue weighted by molar-refractivity contribution is 0.145. The zero-order valence-corrected chi connectivity index (χ0v) is 17.6. The largest absolute Gasteiger partial charge is 0.332 e. The SMILES string of the molecule is C1=CN(c2cnn3ccc(CC4CCN(CC5CCCCC5)CC4)cc23)CNC1. The van der Waals surface area contributed by atoms with Crippen molar-refractivity contribution in [2.75, 3.05) is 37.7 Å². The van der Waals surface area contributed by atoms with E-state index < -0.39 is 0 Å². The average Bonchev–Trinajstić information content (AvgIpc) is 3.20. The van der Waals surface area contributed by atoms with Gasteiger partial charge in [-0.3, -0.25) is 5.32 Å². The van der Waals surface area contributed by atoms with Crippen molar-refractivity contribution < 1.29 is 0 Å². The van der Waals surface area contributed by atoms with E-state index in [1.807, 2.05) is 10.7 Å². The molecule has 2 fully saturated rings. The maximum atomic E-state index is 4.55. The Kier molecular flexibility index (Phi) is 5.86. The summed E-state index contributed by atoms with van der Waals surface area (Å²) >= 11 is 0. The summed E-state index contributed by atoms with van der Waals surface area (Å²) in [6, 6.07) is 4.63. The third-order valence-electron chi connectivity index (χ3n) is 7.18. The van der Waals surface area contributed by atoms with Gasteiger partial charge in [0, 0.05) is 25.5 Å². The molecule has 0 amide bonds. The molecule has 3 aliphatic rings. The van der Waals surface area contributed by atoms with E-state index in [0.29, 0.717) is 0 Å². The number of likely N-dealkylation sites (tertiary alicyclic amines) is 1. The van der Waals surface area contributed by atoms with E-state index >= 15 is 0 Å². The number of pyridine rings is 1. The molecule has 5 rings (SSSR count). The number of anilines is 1. The first-order chi connectivity index (χ1) is 14.3. The van der Waals surface area contributed by atoms with Crippen LogP contribution < -0.4 is 10.2 Å². The molecule has 0 radical (unpaired) electrons. The number of fused-ring (bicyclic) bond motifs is 1. The number of piperidine rings is 1. The number of nitrogens with zero attached hydrogens (tertiary/aromatic N) is 4. The molecule has 1 aliphatic carbocycles. The minimum absolute atomic E-state index is 0.822. The average molecular weight is 394 g/mol. The number of hydrogen-bond acceptors (Lipinski definition) is 4. The fraction of sp³-hybridized carbons (Fsp3) is 0.625. The molecule has 1 N–H and O–H groups in total. The van der Waals surface area contributed by atoms with Gasteiger partial charge >= 0.3 is 0 Å². The molecular formula is C24H35N5. The van der Waals surface area contributed by atoms with Crippen molar-refractivity contribution in [3.63, 3.8) is 0 Å². The van der Waals surface area contributed by atoms with Gasteiger partial charge < -0.3 is 9.80 Å². The Balaban J connectivity index is 1.19. The topological polar surface area (TPSA) is 35.8 Å². The maximum absolute atomic E-state index is 4.55. The zero-order valence-electron chi connectivity index (χ0n) is 17.6. The summed E-state index contributed by atoms with van der Waals surface area (Å²) in [5, 5.41) is 7.95. The van der Waals surface area contributed by atoms with Gasteiger partial charge in [-0.1, -0.05) is 25.3 Å². The quantitative estimate of drug-likeness (QED) is 0.831. The van der Waals surface area contributed by atoms with Crippen LogP contribution in [0.2, 0.25) is 0 Å². The molecule has 5 nitrogen and oxygen atoms in total. The third-order valence-corrected chi connectivity index (χ3v) is 7.18. The first-order valence-electron chi connectivity index (χ1n) is 11.7.